The van der Waals surface area contributed by atoms with E-state index < -0.39 is 0 Å². The number of furan rings is 1. The Morgan fingerprint density at radius 3 is 2.94 bits per heavy atom. The van der Waals surface area contributed by atoms with Gasteiger partial charge in [0, 0.05) is 12.1 Å². The predicted molar refractivity (Wildman–Crippen MR) is 63.7 cm³/mol. The molecule has 0 spiro atoms. The molecule has 0 saturated heterocycles. The molecular formula is C13H12N2O2. The molecule has 0 unspecified atom stereocenters. The van der Waals surface area contributed by atoms with Crippen LogP contribution in [0.15, 0.2) is 41.2 Å². The number of rotatable bonds is 4. The van der Waals surface area contributed by atoms with Crippen LogP contribution in [0.3, 0.4) is 0 Å². The molecule has 1 N–H and O–H groups in total. The minimum Gasteiger partial charge on any atom is -0.495 e. The number of hydrogen-bond acceptors (Lipinski definition) is 4. The number of anilines is 1. The summed E-state index contributed by atoms with van der Waals surface area (Å²) < 4.78 is 10.2. The first-order chi connectivity index (χ1) is 8.35. The Labute approximate surface area is 99.4 Å². The van der Waals surface area contributed by atoms with Gasteiger partial charge in [-0.05, 0) is 18.2 Å². The summed E-state index contributed by atoms with van der Waals surface area (Å²) in [7, 11) is 1.58. The first-order valence-electron chi connectivity index (χ1n) is 5.17. The minimum atomic E-state index is 0.563. The van der Waals surface area contributed by atoms with Crippen molar-refractivity contribution in [1.29, 1.82) is 5.26 Å². The van der Waals surface area contributed by atoms with Gasteiger partial charge in [0.1, 0.15) is 11.8 Å². The normalized spacial score (nSPS) is 9.65. The van der Waals surface area contributed by atoms with Gasteiger partial charge in [-0.1, -0.05) is 6.07 Å². The third-order valence-electron chi connectivity index (χ3n) is 2.42. The Morgan fingerprint density at radius 1 is 1.41 bits per heavy atom. The van der Waals surface area contributed by atoms with Gasteiger partial charge in [0.05, 0.1) is 30.9 Å². The van der Waals surface area contributed by atoms with Crippen molar-refractivity contribution < 1.29 is 9.15 Å². The van der Waals surface area contributed by atoms with E-state index in [4.69, 9.17) is 14.4 Å². The lowest BCUT2D eigenvalue weighted by atomic mass is 10.1. The average Bonchev–Trinajstić information content (AvgIpc) is 2.88. The van der Waals surface area contributed by atoms with E-state index in [0.717, 1.165) is 5.56 Å². The fourth-order valence-corrected chi connectivity index (χ4v) is 1.56. The lowest BCUT2D eigenvalue weighted by Crippen LogP contribution is -2.02. The smallest absolute Gasteiger partial charge is 0.143 e. The van der Waals surface area contributed by atoms with E-state index in [-0.39, 0.29) is 0 Å². The standard InChI is InChI=1S/C13H12N2O2/c1-16-12-4-2-3-11(7-14)13(12)15-8-10-5-6-17-9-10/h2-6,9,15H,8H2,1H3. The summed E-state index contributed by atoms with van der Waals surface area (Å²) in [5.41, 5.74) is 2.28. The number of hydrogen-bond donors (Lipinski definition) is 1. The van der Waals surface area contributed by atoms with Gasteiger partial charge < -0.3 is 14.5 Å². The van der Waals surface area contributed by atoms with Crippen LogP contribution in [0, 0.1) is 11.3 Å². The second-order valence-electron chi connectivity index (χ2n) is 3.48. The van der Waals surface area contributed by atoms with Crippen LogP contribution >= 0.6 is 0 Å². The molecule has 4 nitrogen and oxygen atoms in total. The topological polar surface area (TPSA) is 58.2 Å². The van der Waals surface area contributed by atoms with Gasteiger partial charge >= 0.3 is 0 Å². The van der Waals surface area contributed by atoms with Gasteiger partial charge in [-0.25, -0.2) is 0 Å². The number of nitrogens with zero attached hydrogens (tertiary/aromatic N) is 1. The number of ether oxygens (including phenoxy) is 1. The van der Waals surface area contributed by atoms with Gasteiger partial charge in [0.15, 0.2) is 0 Å². The van der Waals surface area contributed by atoms with Crippen LogP contribution in [-0.2, 0) is 6.54 Å². The third-order valence-corrected chi connectivity index (χ3v) is 2.42. The van der Waals surface area contributed by atoms with Crippen molar-refractivity contribution in [3.63, 3.8) is 0 Å². The molecule has 0 fully saturated rings. The quantitative estimate of drug-likeness (QED) is 0.874. The highest BCUT2D eigenvalue weighted by Crippen LogP contribution is 2.28. The third kappa shape index (κ3) is 2.40. The van der Waals surface area contributed by atoms with Crippen molar-refractivity contribution in [3.8, 4) is 11.8 Å². The zero-order chi connectivity index (χ0) is 12.1. The minimum absolute atomic E-state index is 0.563. The largest absolute Gasteiger partial charge is 0.495 e. The zero-order valence-electron chi connectivity index (χ0n) is 9.43. The summed E-state index contributed by atoms with van der Waals surface area (Å²) >= 11 is 0. The van der Waals surface area contributed by atoms with Gasteiger partial charge in [-0.15, -0.1) is 0 Å². The first-order valence-corrected chi connectivity index (χ1v) is 5.17. The van der Waals surface area contributed by atoms with E-state index in [1.54, 1.807) is 31.8 Å². The summed E-state index contributed by atoms with van der Waals surface area (Å²) in [4.78, 5) is 0. The highest BCUT2D eigenvalue weighted by Gasteiger charge is 2.08. The molecule has 0 atom stereocenters. The van der Waals surface area contributed by atoms with Crippen molar-refractivity contribution in [2.75, 3.05) is 12.4 Å². The van der Waals surface area contributed by atoms with Gasteiger partial charge in [-0.2, -0.15) is 5.26 Å². The molecule has 0 bridgehead atoms. The number of benzene rings is 1. The van der Waals surface area contributed by atoms with Gasteiger partial charge in [-0.3, -0.25) is 0 Å². The van der Waals surface area contributed by atoms with Crippen LogP contribution in [0.1, 0.15) is 11.1 Å². The number of nitriles is 1. The maximum Gasteiger partial charge on any atom is 0.143 e. The summed E-state index contributed by atoms with van der Waals surface area (Å²) in [5, 5.41) is 12.2. The molecular weight excluding hydrogens is 216 g/mol. The van der Waals surface area contributed by atoms with Crippen LogP contribution in [0.5, 0.6) is 5.75 Å². The first kappa shape index (κ1) is 11.1. The van der Waals surface area contributed by atoms with Crippen LogP contribution < -0.4 is 10.1 Å². The molecule has 1 heterocycles. The molecule has 2 rings (SSSR count). The van der Waals surface area contributed by atoms with E-state index in [0.29, 0.717) is 23.5 Å². The van der Waals surface area contributed by atoms with Crippen LogP contribution in [0.4, 0.5) is 5.69 Å². The molecule has 1 aromatic carbocycles. The molecule has 2 aromatic rings. The molecule has 86 valence electrons. The molecule has 4 heteroatoms. The lowest BCUT2D eigenvalue weighted by molar-refractivity contribution is 0.416. The van der Waals surface area contributed by atoms with E-state index in [1.165, 1.54) is 0 Å². The van der Waals surface area contributed by atoms with Crippen molar-refractivity contribution in [2.45, 2.75) is 6.54 Å². The van der Waals surface area contributed by atoms with E-state index in [1.807, 2.05) is 12.1 Å². The summed E-state index contributed by atoms with van der Waals surface area (Å²) in [6, 6.07) is 9.36. The van der Waals surface area contributed by atoms with Crippen molar-refractivity contribution in [2.24, 2.45) is 0 Å². The fourth-order valence-electron chi connectivity index (χ4n) is 1.56. The number of para-hydroxylation sites is 1. The second kappa shape index (κ2) is 5.08. The van der Waals surface area contributed by atoms with Crippen molar-refractivity contribution in [1.82, 2.24) is 0 Å². The van der Waals surface area contributed by atoms with Gasteiger partial charge in [0.25, 0.3) is 0 Å². The zero-order valence-corrected chi connectivity index (χ0v) is 9.43. The van der Waals surface area contributed by atoms with E-state index in [2.05, 4.69) is 11.4 Å². The molecule has 0 saturated carbocycles. The molecule has 1 aromatic heterocycles. The maximum atomic E-state index is 9.03. The SMILES string of the molecule is COc1cccc(C#N)c1NCc1ccoc1. The Hall–Kier alpha value is -2.41. The lowest BCUT2D eigenvalue weighted by Gasteiger charge is -2.11. The molecule has 0 aliphatic carbocycles. The molecule has 0 radical (unpaired) electrons. The van der Waals surface area contributed by atoms with Crippen LogP contribution in [0.2, 0.25) is 0 Å². The molecule has 0 amide bonds. The maximum absolute atomic E-state index is 9.03. The highest BCUT2D eigenvalue weighted by molar-refractivity contribution is 5.66. The number of nitrogens with one attached hydrogen (secondary N) is 1. The molecule has 17 heavy (non-hydrogen) atoms. The Kier molecular flexibility index (Phi) is 3.31. The number of methoxy groups -OCH3 is 1. The van der Waals surface area contributed by atoms with Gasteiger partial charge in [0.2, 0.25) is 0 Å². The monoisotopic (exact) mass is 228 g/mol. The highest BCUT2D eigenvalue weighted by atomic mass is 16.5. The van der Waals surface area contributed by atoms with E-state index >= 15 is 0 Å². The molecule has 0 aliphatic rings. The summed E-state index contributed by atoms with van der Waals surface area (Å²) in [5.74, 6) is 0.660. The summed E-state index contributed by atoms with van der Waals surface area (Å²) in [6.07, 6.45) is 3.28. The Bertz CT molecular complexity index is 527. The molecule has 0 aliphatic heterocycles. The van der Waals surface area contributed by atoms with Crippen molar-refractivity contribution in [3.05, 3.63) is 47.9 Å². The van der Waals surface area contributed by atoms with Crippen LogP contribution in [0.25, 0.3) is 0 Å². The predicted octanol–water partition coefficient (Wildman–Crippen LogP) is 2.77. The van der Waals surface area contributed by atoms with Crippen molar-refractivity contribution >= 4 is 5.69 Å². The van der Waals surface area contributed by atoms with E-state index in [9.17, 15) is 0 Å². The fraction of sp³-hybridized carbons (Fsp3) is 0.154. The average molecular weight is 228 g/mol. The Balaban J connectivity index is 2.22. The second-order valence-corrected chi connectivity index (χ2v) is 3.48. The summed E-state index contributed by atoms with van der Waals surface area (Å²) in [6.45, 7) is 0.589. The Morgan fingerprint density at radius 2 is 2.29 bits per heavy atom. The van der Waals surface area contributed by atoms with Crippen LogP contribution in [-0.4, -0.2) is 7.11 Å².